The Bertz CT molecular complexity index is 522. The SMILES string of the molecule is CCN(c1ccccc1C)S(=O)(=O)CC1CCCN1. The molecule has 1 fully saturated rings. The fourth-order valence-corrected chi connectivity index (χ4v) is 4.47. The van der Waals surface area contributed by atoms with Crippen molar-refractivity contribution in [3.63, 3.8) is 0 Å². The summed E-state index contributed by atoms with van der Waals surface area (Å²) in [4.78, 5) is 0. The number of hydrogen-bond acceptors (Lipinski definition) is 3. The molecule has 4 nitrogen and oxygen atoms in total. The Morgan fingerprint density at radius 2 is 2.11 bits per heavy atom. The molecule has 2 rings (SSSR count). The molecule has 1 N–H and O–H groups in total. The van der Waals surface area contributed by atoms with Gasteiger partial charge >= 0.3 is 0 Å². The monoisotopic (exact) mass is 282 g/mol. The van der Waals surface area contributed by atoms with Crippen molar-refractivity contribution in [3.05, 3.63) is 29.8 Å². The first-order valence-corrected chi connectivity index (χ1v) is 8.45. The Morgan fingerprint density at radius 1 is 1.37 bits per heavy atom. The van der Waals surface area contributed by atoms with Crippen LogP contribution in [-0.2, 0) is 10.0 Å². The highest BCUT2D eigenvalue weighted by Crippen LogP contribution is 2.23. The fraction of sp³-hybridized carbons (Fsp3) is 0.571. The van der Waals surface area contributed by atoms with Gasteiger partial charge in [-0.2, -0.15) is 0 Å². The molecule has 19 heavy (non-hydrogen) atoms. The summed E-state index contributed by atoms with van der Waals surface area (Å²) >= 11 is 0. The van der Waals surface area contributed by atoms with Crippen LogP contribution in [0, 0.1) is 6.92 Å². The molecule has 0 bridgehead atoms. The van der Waals surface area contributed by atoms with Crippen molar-refractivity contribution in [1.82, 2.24) is 5.32 Å². The summed E-state index contributed by atoms with van der Waals surface area (Å²) < 4.78 is 26.6. The van der Waals surface area contributed by atoms with Crippen LogP contribution in [0.15, 0.2) is 24.3 Å². The summed E-state index contributed by atoms with van der Waals surface area (Å²) in [6.45, 7) is 5.23. The van der Waals surface area contributed by atoms with Gasteiger partial charge in [-0.25, -0.2) is 8.42 Å². The minimum absolute atomic E-state index is 0.100. The van der Waals surface area contributed by atoms with Crippen molar-refractivity contribution < 1.29 is 8.42 Å². The number of benzene rings is 1. The number of nitrogens with one attached hydrogen (secondary N) is 1. The van der Waals surface area contributed by atoms with Gasteiger partial charge in [-0.05, 0) is 44.9 Å². The van der Waals surface area contributed by atoms with E-state index in [1.807, 2.05) is 38.1 Å². The van der Waals surface area contributed by atoms with Crippen molar-refractivity contribution >= 4 is 15.7 Å². The van der Waals surface area contributed by atoms with Gasteiger partial charge in [0, 0.05) is 12.6 Å². The van der Waals surface area contributed by atoms with Crippen LogP contribution in [-0.4, -0.2) is 33.3 Å². The van der Waals surface area contributed by atoms with Gasteiger partial charge in [-0.3, -0.25) is 4.31 Å². The van der Waals surface area contributed by atoms with E-state index in [-0.39, 0.29) is 11.8 Å². The van der Waals surface area contributed by atoms with Gasteiger partial charge in [0.2, 0.25) is 10.0 Å². The zero-order valence-corrected chi connectivity index (χ0v) is 12.4. The van der Waals surface area contributed by atoms with E-state index in [0.29, 0.717) is 6.54 Å². The first-order chi connectivity index (χ1) is 9.04. The van der Waals surface area contributed by atoms with Crippen LogP contribution in [0.5, 0.6) is 0 Å². The number of anilines is 1. The standard InChI is InChI=1S/C14H22N2O2S/c1-3-16(14-9-5-4-7-12(14)2)19(17,18)11-13-8-6-10-15-13/h4-5,7,9,13,15H,3,6,8,10-11H2,1-2H3. The molecule has 0 aromatic heterocycles. The fourth-order valence-electron chi connectivity index (χ4n) is 2.60. The maximum absolute atomic E-state index is 12.6. The molecule has 0 spiro atoms. The number of para-hydroxylation sites is 1. The van der Waals surface area contributed by atoms with E-state index in [1.165, 1.54) is 4.31 Å². The van der Waals surface area contributed by atoms with E-state index in [2.05, 4.69) is 5.32 Å². The lowest BCUT2D eigenvalue weighted by atomic mass is 10.2. The largest absolute Gasteiger partial charge is 0.313 e. The second kappa shape index (κ2) is 5.92. The lowest BCUT2D eigenvalue weighted by molar-refractivity contribution is 0.573. The number of aryl methyl sites for hydroxylation is 1. The summed E-state index contributed by atoms with van der Waals surface area (Å²) in [6, 6.07) is 7.73. The second-order valence-electron chi connectivity index (χ2n) is 5.02. The molecule has 5 heteroatoms. The van der Waals surface area contributed by atoms with Crippen LogP contribution < -0.4 is 9.62 Å². The van der Waals surface area contributed by atoms with Crippen LogP contribution in [0.2, 0.25) is 0 Å². The van der Waals surface area contributed by atoms with Crippen LogP contribution in [0.25, 0.3) is 0 Å². The Balaban J connectivity index is 2.23. The lowest BCUT2D eigenvalue weighted by Crippen LogP contribution is -2.40. The number of rotatable bonds is 5. The molecule has 0 saturated carbocycles. The minimum atomic E-state index is -3.26. The van der Waals surface area contributed by atoms with E-state index in [0.717, 1.165) is 30.6 Å². The Morgan fingerprint density at radius 3 is 2.68 bits per heavy atom. The van der Waals surface area contributed by atoms with Crippen molar-refractivity contribution in [2.75, 3.05) is 23.1 Å². The topological polar surface area (TPSA) is 49.4 Å². The zero-order valence-electron chi connectivity index (χ0n) is 11.6. The van der Waals surface area contributed by atoms with E-state index in [4.69, 9.17) is 0 Å². The van der Waals surface area contributed by atoms with Gasteiger partial charge in [0.1, 0.15) is 0 Å². The van der Waals surface area contributed by atoms with E-state index < -0.39 is 10.0 Å². The summed E-state index contributed by atoms with van der Waals surface area (Å²) in [6.07, 6.45) is 2.02. The molecular formula is C14H22N2O2S. The normalized spacial score (nSPS) is 19.6. The minimum Gasteiger partial charge on any atom is -0.313 e. The van der Waals surface area contributed by atoms with Gasteiger partial charge in [-0.1, -0.05) is 18.2 Å². The number of nitrogens with zero attached hydrogens (tertiary/aromatic N) is 1. The second-order valence-corrected chi connectivity index (χ2v) is 6.96. The molecule has 0 aliphatic carbocycles. The van der Waals surface area contributed by atoms with E-state index in [9.17, 15) is 8.42 Å². The van der Waals surface area contributed by atoms with Crippen LogP contribution in [0.1, 0.15) is 25.3 Å². The van der Waals surface area contributed by atoms with Crippen molar-refractivity contribution in [1.29, 1.82) is 0 Å². The van der Waals surface area contributed by atoms with Crippen molar-refractivity contribution in [2.45, 2.75) is 32.7 Å². The smallest absolute Gasteiger partial charge is 0.236 e. The summed E-state index contributed by atoms with van der Waals surface area (Å²) in [5.74, 6) is 0.190. The summed E-state index contributed by atoms with van der Waals surface area (Å²) in [7, 11) is -3.26. The third-order valence-electron chi connectivity index (χ3n) is 3.58. The van der Waals surface area contributed by atoms with Gasteiger partial charge in [0.15, 0.2) is 0 Å². The van der Waals surface area contributed by atoms with Crippen molar-refractivity contribution in [3.8, 4) is 0 Å². The molecule has 1 heterocycles. The predicted molar refractivity (Wildman–Crippen MR) is 79.0 cm³/mol. The average Bonchev–Trinajstić information content (AvgIpc) is 2.84. The highest BCUT2D eigenvalue weighted by atomic mass is 32.2. The predicted octanol–water partition coefficient (Wildman–Crippen LogP) is 1.90. The molecular weight excluding hydrogens is 260 g/mol. The highest BCUT2D eigenvalue weighted by molar-refractivity contribution is 7.92. The third kappa shape index (κ3) is 3.28. The van der Waals surface area contributed by atoms with Gasteiger partial charge in [0.05, 0.1) is 11.4 Å². The van der Waals surface area contributed by atoms with Gasteiger partial charge in [0.25, 0.3) is 0 Å². The maximum Gasteiger partial charge on any atom is 0.236 e. The molecule has 1 saturated heterocycles. The summed E-state index contributed by atoms with van der Waals surface area (Å²) in [5.41, 5.74) is 1.79. The van der Waals surface area contributed by atoms with E-state index in [1.54, 1.807) is 0 Å². The summed E-state index contributed by atoms with van der Waals surface area (Å²) in [5, 5.41) is 3.25. The maximum atomic E-state index is 12.6. The third-order valence-corrected chi connectivity index (χ3v) is 5.53. The first-order valence-electron chi connectivity index (χ1n) is 6.84. The quantitative estimate of drug-likeness (QED) is 0.897. The lowest BCUT2D eigenvalue weighted by Gasteiger charge is -2.26. The molecule has 1 unspecified atom stereocenters. The highest BCUT2D eigenvalue weighted by Gasteiger charge is 2.27. The number of hydrogen-bond donors (Lipinski definition) is 1. The Labute approximate surface area is 115 Å². The molecule has 1 aliphatic heterocycles. The molecule has 1 aromatic rings. The average molecular weight is 282 g/mol. The van der Waals surface area contributed by atoms with Crippen LogP contribution in [0.3, 0.4) is 0 Å². The van der Waals surface area contributed by atoms with Gasteiger partial charge < -0.3 is 5.32 Å². The van der Waals surface area contributed by atoms with Crippen LogP contribution in [0.4, 0.5) is 5.69 Å². The number of sulfonamides is 1. The van der Waals surface area contributed by atoms with Crippen molar-refractivity contribution in [2.24, 2.45) is 0 Å². The first kappa shape index (κ1) is 14.3. The molecule has 1 aliphatic rings. The molecule has 0 amide bonds. The van der Waals surface area contributed by atoms with Crippen LogP contribution >= 0.6 is 0 Å². The Hall–Kier alpha value is -1.07. The zero-order chi connectivity index (χ0) is 13.9. The molecule has 1 aromatic carbocycles. The molecule has 106 valence electrons. The van der Waals surface area contributed by atoms with E-state index >= 15 is 0 Å². The molecule has 1 atom stereocenters. The Kier molecular flexibility index (Phi) is 4.47. The van der Waals surface area contributed by atoms with Gasteiger partial charge in [-0.15, -0.1) is 0 Å². The molecule has 0 radical (unpaired) electrons.